The molecule has 0 fully saturated rings. The third-order valence-corrected chi connectivity index (χ3v) is 6.13. The second kappa shape index (κ2) is 12.0. The summed E-state index contributed by atoms with van der Waals surface area (Å²) in [7, 11) is 1.61. The van der Waals surface area contributed by atoms with Gasteiger partial charge in [-0.2, -0.15) is 0 Å². The van der Waals surface area contributed by atoms with Gasteiger partial charge in [-0.25, -0.2) is 0 Å². The third-order valence-electron chi connectivity index (χ3n) is 5.79. The first-order valence-electron chi connectivity index (χ1n) is 11.4. The maximum Gasteiger partial charge on any atom is 0.200 e. The number of benzene rings is 3. The largest absolute Gasteiger partial charge is 0.495 e. The fourth-order valence-electron chi connectivity index (χ4n) is 3.99. The van der Waals surface area contributed by atoms with Gasteiger partial charge in [0.25, 0.3) is 0 Å². The van der Waals surface area contributed by atoms with Crippen molar-refractivity contribution in [1.29, 1.82) is 0 Å². The van der Waals surface area contributed by atoms with Gasteiger partial charge in [-0.1, -0.05) is 36.4 Å². The SMILES string of the molecule is COc1ccc(-c2coc3cc(OCCc4ccccc4)ccc3c2=O)cc1N(CCCl)CCCl. The molecule has 0 atom stereocenters. The first-order chi connectivity index (χ1) is 17.1. The van der Waals surface area contributed by atoms with Gasteiger partial charge in [0.05, 0.1) is 30.4 Å². The zero-order valence-electron chi connectivity index (χ0n) is 19.5. The van der Waals surface area contributed by atoms with Gasteiger partial charge >= 0.3 is 0 Å². The number of methoxy groups -OCH3 is 1. The number of hydrogen-bond acceptors (Lipinski definition) is 5. The van der Waals surface area contributed by atoms with E-state index in [1.807, 2.05) is 41.3 Å². The molecule has 4 rings (SSSR count). The van der Waals surface area contributed by atoms with Crippen LogP contribution in [0.3, 0.4) is 0 Å². The molecule has 4 aromatic rings. The number of fused-ring (bicyclic) bond motifs is 1. The van der Waals surface area contributed by atoms with Crippen LogP contribution < -0.4 is 19.8 Å². The number of halogens is 2. The van der Waals surface area contributed by atoms with Crippen LogP contribution >= 0.6 is 23.2 Å². The Labute approximate surface area is 214 Å². The smallest absolute Gasteiger partial charge is 0.200 e. The van der Waals surface area contributed by atoms with Gasteiger partial charge in [0, 0.05) is 37.3 Å². The Kier molecular flexibility index (Phi) is 8.56. The molecule has 0 aliphatic rings. The number of rotatable bonds is 11. The van der Waals surface area contributed by atoms with E-state index in [0.717, 1.165) is 17.7 Å². The van der Waals surface area contributed by atoms with Gasteiger partial charge in [0.1, 0.15) is 23.3 Å². The van der Waals surface area contributed by atoms with Crippen LogP contribution in [0.15, 0.2) is 82.2 Å². The maximum absolute atomic E-state index is 13.3. The summed E-state index contributed by atoms with van der Waals surface area (Å²) >= 11 is 12.0. The molecule has 1 heterocycles. The maximum atomic E-state index is 13.3. The minimum Gasteiger partial charge on any atom is -0.495 e. The lowest BCUT2D eigenvalue weighted by Crippen LogP contribution is -2.28. The van der Waals surface area contributed by atoms with E-state index < -0.39 is 0 Å². The summed E-state index contributed by atoms with van der Waals surface area (Å²) in [6, 6.07) is 21.1. The molecule has 0 aliphatic heterocycles. The predicted molar refractivity (Wildman–Crippen MR) is 144 cm³/mol. The highest BCUT2D eigenvalue weighted by atomic mass is 35.5. The van der Waals surface area contributed by atoms with Gasteiger partial charge in [-0.05, 0) is 35.4 Å². The highest BCUT2D eigenvalue weighted by Crippen LogP contribution is 2.33. The topological polar surface area (TPSA) is 51.9 Å². The first kappa shape index (κ1) is 25.0. The minimum atomic E-state index is -0.112. The Morgan fingerprint density at radius 2 is 1.71 bits per heavy atom. The van der Waals surface area contributed by atoms with Crippen LogP contribution in [0.2, 0.25) is 0 Å². The second-order valence-electron chi connectivity index (χ2n) is 7.97. The molecule has 0 radical (unpaired) electrons. The Morgan fingerprint density at radius 3 is 2.43 bits per heavy atom. The van der Waals surface area contributed by atoms with E-state index in [4.69, 9.17) is 37.1 Å². The molecule has 182 valence electrons. The molecule has 35 heavy (non-hydrogen) atoms. The van der Waals surface area contributed by atoms with E-state index in [1.54, 1.807) is 25.3 Å². The number of ether oxygens (including phenoxy) is 2. The van der Waals surface area contributed by atoms with Crippen LogP contribution in [0.5, 0.6) is 11.5 Å². The summed E-state index contributed by atoms with van der Waals surface area (Å²) in [4.78, 5) is 15.4. The van der Waals surface area contributed by atoms with E-state index in [2.05, 4.69) is 12.1 Å². The number of hydrogen-bond donors (Lipinski definition) is 0. The minimum absolute atomic E-state index is 0.112. The lowest BCUT2D eigenvalue weighted by molar-refractivity contribution is 0.322. The van der Waals surface area contributed by atoms with E-state index in [9.17, 15) is 4.79 Å². The van der Waals surface area contributed by atoms with Crippen LogP contribution in [-0.4, -0.2) is 38.6 Å². The Bertz CT molecular complexity index is 1320. The predicted octanol–water partition coefficient (Wildman–Crippen LogP) is 6.37. The van der Waals surface area contributed by atoms with Crippen molar-refractivity contribution in [2.75, 3.05) is 43.5 Å². The lowest BCUT2D eigenvalue weighted by atomic mass is 10.0. The highest BCUT2D eigenvalue weighted by molar-refractivity contribution is 6.18. The molecule has 3 aromatic carbocycles. The van der Waals surface area contributed by atoms with Crippen LogP contribution in [0, 0.1) is 0 Å². The standard InChI is InChI=1S/C28H27Cl2NO4/c1-33-26-10-7-21(17-25(26)31(14-12-29)15-13-30)24-19-35-27-18-22(8-9-23(27)28(24)32)34-16-11-20-5-3-2-4-6-20/h2-10,17-19H,11-16H2,1H3. The van der Waals surface area contributed by atoms with Crippen molar-refractivity contribution < 1.29 is 13.9 Å². The summed E-state index contributed by atoms with van der Waals surface area (Å²) in [6.45, 7) is 1.74. The van der Waals surface area contributed by atoms with Gasteiger partial charge in [0.15, 0.2) is 5.43 Å². The summed E-state index contributed by atoms with van der Waals surface area (Å²) < 4.78 is 17.3. The molecule has 0 bridgehead atoms. The van der Waals surface area contributed by atoms with Crippen molar-refractivity contribution in [2.24, 2.45) is 0 Å². The van der Waals surface area contributed by atoms with Crippen molar-refractivity contribution in [1.82, 2.24) is 0 Å². The summed E-state index contributed by atoms with van der Waals surface area (Å²) in [5.41, 5.74) is 3.60. The molecule has 7 heteroatoms. The monoisotopic (exact) mass is 511 g/mol. The van der Waals surface area contributed by atoms with Crippen molar-refractivity contribution in [3.05, 3.63) is 88.8 Å². The van der Waals surface area contributed by atoms with Crippen molar-refractivity contribution in [3.8, 4) is 22.6 Å². The summed E-state index contributed by atoms with van der Waals surface area (Å²) in [5, 5.41) is 0.494. The van der Waals surface area contributed by atoms with Gasteiger partial charge in [0.2, 0.25) is 0 Å². The van der Waals surface area contributed by atoms with Gasteiger partial charge in [-0.15, -0.1) is 23.2 Å². The quantitative estimate of drug-likeness (QED) is 0.219. The third kappa shape index (κ3) is 5.92. The van der Waals surface area contributed by atoms with E-state index in [1.165, 1.54) is 11.8 Å². The van der Waals surface area contributed by atoms with Crippen LogP contribution in [-0.2, 0) is 6.42 Å². The molecule has 0 saturated heterocycles. The van der Waals surface area contributed by atoms with Crippen LogP contribution in [0.25, 0.3) is 22.1 Å². The molecule has 0 saturated carbocycles. The lowest BCUT2D eigenvalue weighted by Gasteiger charge is -2.25. The summed E-state index contributed by atoms with van der Waals surface area (Å²) in [5.74, 6) is 2.23. The Balaban J connectivity index is 1.60. The zero-order valence-corrected chi connectivity index (χ0v) is 21.0. The van der Waals surface area contributed by atoms with E-state index in [0.29, 0.717) is 59.5 Å². The molecule has 0 amide bonds. The molecule has 0 spiro atoms. The van der Waals surface area contributed by atoms with Crippen molar-refractivity contribution >= 4 is 39.9 Å². The molecular formula is C28H27Cl2NO4. The Hall–Kier alpha value is -3.15. The first-order valence-corrected chi connectivity index (χ1v) is 12.5. The van der Waals surface area contributed by atoms with Gasteiger partial charge < -0.3 is 18.8 Å². The highest BCUT2D eigenvalue weighted by Gasteiger charge is 2.16. The van der Waals surface area contributed by atoms with Crippen molar-refractivity contribution in [2.45, 2.75) is 6.42 Å². The second-order valence-corrected chi connectivity index (χ2v) is 8.73. The Morgan fingerprint density at radius 1 is 0.943 bits per heavy atom. The average Bonchev–Trinajstić information content (AvgIpc) is 2.89. The average molecular weight is 512 g/mol. The van der Waals surface area contributed by atoms with E-state index in [-0.39, 0.29) is 5.43 Å². The fourth-order valence-corrected chi connectivity index (χ4v) is 4.40. The van der Waals surface area contributed by atoms with Crippen LogP contribution in [0.4, 0.5) is 5.69 Å². The molecule has 1 aromatic heterocycles. The van der Waals surface area contributed by atoms with Crippen molar-refractivity contribution in [3.63, 3.8) is 0 Å². The molecule has 0 aliphatic carbocycles. The van der Waals surface area contributed by atoms with Crippen LogP contribution in [0.1, 0.15) is 5.56 Å². The van der Waals surface area contributed by atoms with E-state index >= 15 is 0 Å². The fraction of sp³-hybridized carbons (Fsp3) is 0.250. The van der Waals surface area contributed by atoms with Gasteiger partial charge in [-0.3, -0.25) is 4.79 Å². The molecule has 0 unspecified atom stereocenters. The zero-order chi connectivity index (χ0) is 24.6. The molecular weight excluding hydrogens is 485 g/mol. The summed E-state index contributed by atoms with van der Waals surface area (Å²) in [6.07, 6.45) is 2.30. The number of alkyl halides is 2. The number of nitrogens with zero attached hydrogens (tertiary/aromatic N) is 1. The number of anilines is 1. The normalized spacial score (nSPS) is 10.9. The molecule has 5 nitrogen and oxygen atoms in total. The molecule has 0 N–H and O–H groups in total.